The molecule has 2 aromatic heterocycles. The molecular weight excluding hydrogens is 795 g/mol. The first-order valence-corrected chi connectivity index (χ1v) is 28.3. The van der Waals surface area contributed by atoms with Gasteiger partial charge in [0, 0.05) is 75.6 Å². The molecule has 4 heterocycles. The minimum Gasteiger partial charge on any atom is -0.460 e. The Kier molecular flexibility index (Phi) is 9.05. The first kappa shape index (κ1) is 40.6. The number of allylic oxidation sites excluding steroid dienone is 9. The number of hydrogen-bond acceptors (Lipinski definition) is 2. The average molecular weight is 861 g/mol. The first-order chi connectivity index (χ1) is 30.8. The second kappa shape index (κ2) is 14.3. The van der Waals surface area contributed by atoms with Gasteiger partial charge in [-0.15, -0.1) is 0 Å². The Morgan fingerprint density at radius 2 is 1.62 bits per heavy atom. The zero-order chi connectivity index (χ0) is 44.1. The Balaban J connectivity index is 1.14. The summed E-state index contributed by atoms with van der Waals surface area (Å²) in [6, 6.07) is 26.0. The summed E-state index contributed by atoms with van der Waals surface area (Å²) in [5.41, 5.74) is 23.3. The highest BCUT2D eigenvalue weighted by molar-refractivity contribution is 6.89. The lowest BCUT2D eigenvalue weighted by atomic mass is 9.65. The van der Waals surface area contributed by atoms with Crippen LogP contribution in [0.25, 0.3) is 28.2 Å². The zero-order valence-electron chi connectivity index (χ0n) is 40.0. The summed E-state index contributed by atoms with van der Waals surface area (Å²) in [7, 11) is -1.68. The molecule has 0 amide bonds. The van der Waals surface area contributed by atoms with E-state index in [1.165, 1.54) is 86.9 Å². The van der Waals surface area contributed by atoms with Crippen LogP contribution < -0.4 is 14.5 Å². The molecule has 0 N–H and O–H groups in total. The number of hydrogen-bond donors (Lipinski definition) is 0. The van der Waals surface area contributed by atoms with Gasteiger partial charge >= 0.3 is 0 Å². The lowest BCUT2D eigenvalue weighted by Crippen LogP contribution is -2.57. The van der Waals surface area contributed by atoms with Crippen LogP contribution in [0.3, 0.4) is 0 Å². The van der Waals surface area contributed by atoms with E-state index in [2.05, 4.69) is 158 Å². The summed E-state index contributed by atoms with van der Waals surface area (Å²) >= 11 is 0. The topological polar surface area (TPSA) is 26.2 Å². The highest BCUT2D eigenvalue weighted by atomic mass is 28.3. The number of pyridine rings is 1. The van der Waals surface area contributed by atoms with Gasteiger partial charge in [0.2, 0.25) is 5.69 Å². The van der Waals surface area contributed by atoms with Crippen LogP contribution in [0.4, 0.5) is 0 Å². The SMILES string of the molecule is CC1=C(C2c3ccccc3[C@@H](C)/C(=C3/C4C5=C(CCCC5)c5cc(CC(C)C)c([Si](C)(C)C)c[n+]5C34C)c3ccc4c5c(oc4c3C2C)CCC=C5)C(C)=C2Oc3ccccc3C2C1. The fraction of sp³-hybridized carbons (Fsp3) is 0.417. The summed E-state index contributed by atoms with van der Waals surface area (Å²) in [6.45, 7) is 25.0. The molecule has 5 aromatic rings. The standard InChI is InChI=1S/C60H66NO2Si/c1-33(2)29-38-31-48-40-20-12-14-24-44(40)56-57(60(56,7)61(48)32-51(38)64(8,9)10)54-35(4)39-19-11-13-23-43(39)53(52-34(3)30-47-42-22-16-18-26-50(42)62-58(47)37(52)6)36(5)55-46(54)28-27-45-41-21-15-17-25-49(41)63-59(45)55/h11,13,15-16,18-19,21-23,26-28,31-33,35-36,47,53,56H,12,14,17,20,24-25,29-30H2,1-10H3/q+1/b57-54+/t35-,36?,47?,53?,56?,60?/m1/s1. The predicted molar refractivity (Wildman–Crippen MR) is 267 cm³/mol. The monoisotopic (exact) mass is 860 g/mol. The third-order valence-corrected chi connectivity index (χ3v) is 19.1. The number of rotatable bonds is 4. The Labute approximate surface area is 382 Å². The number of furan rings is 1. The first-order valence-electron chi connectivity index (χ1n) is 24.8. The van der Waals surface area contributed by atoms with Crippen LogP contribution in [0, 0.1) is 11.8 Å². The fourth-order valence-corrected chi connectivity index (χ4v) is 15.9. The van der Waals surface area contributed by atoms with E-state index < -0.39 is 8.07 Å². The van der Waals surface area contributed by atoms with Crippen molar-refractivity contribution < 1.29 is 13.7 Å². The fourth-order valence-electron chi connectivity index (χ4n) is 14.3. The minimum atomic E-state index is -1.68. The normalized spacial score (nSPS) is 27.8. The molecule has 12 rings (SSSR count). The van der Waals surface area contributed by atoms with Gasteiger partial charge in [0.1, 0.15) is 22.9 Å². The average Bonchev–Trinajstić information content (AvgIpc) is 3.52. The number of ether oxygens (including phenoxy) is 1. The number of benzene rings is 3. The van der Waals surface area contributed by atoms with Crippen LogP contribution in [0.1, 0.15) is 161 Å². The maximum Gasteiger partial charge on any atom is 0.209 e. The smallest absolute Gasteiger partial charge is 0.209 e. The lowest BCUT2D eigenvalue weighted by molar-refractivity contribution is -0.737. The van der Waals surface area contributed by atoms with E-state index in [1.54, 1.807) is 33.0 Å². The van der Waals surface area contributed by atoms with Crippen LogP contribution in [-0.4, -0.2) is 8.07 Å². The quantitative estimate of drug-likeness (QED) is 0.133. The summed E-state index contributed by atoms with van der Waals surface area (Å²) in [5.74, 6) is 5.07. The Morgan fingerprint density at radius 1 is 0.875 bits per heavy atom. The molecule has 2 aliphatic heterocycles. The Hall–Kier alpha value is -4.93. The van der Waals surface area contributed by atoms with Crippen LogP contribution >= 0.6 is 0 Å². The summed E-state index contributed by atoms with van der Waals surface area (Å²) in [6.07, 6.45) is 16.5. The molecular formula is C60H66NO2Si+. The zero-order valence-corrected chi connectivity index (χ0v) is 41.0. The molecule has 326 valence electrons. The second-order valence-corrected chi connectivity index (χ2v) is 27.5. The van der Waals surface area contributed by atoms with Crippen molar-refractivity contribution in [3.05, 3.63) is 163 Å². The molecule has 1 fully saturated rings. The molecule has 6 atom stereocenters. The maximum absolute atomic E-state index is 7.28. The highest BCUT2D eigenvalue weighted by Crippen LogP contribution is 2.68. The second-order valence-electron chi connectivity index (χ2n) is 22.4. The van der Waals surface area contributed by atoms with Crippen LogP contribution in [-0.2, 0) is 18.4 Å². The van der Waals surface area contributed by atoms with Crippen LogP contribution in [0.15, 0.2) is 117 Å². The van der Waals surface area contributed by atoms with E-state index in [-0.39, 0.29) is 29.2 Å². The molecule has 0 spiro atoms. The van der Waals surface area contributed by atoms with Gasteiger partial charge < -0.3 is 9.15 Å². The third-order valence-electron chi connectivity index (χ3n) is 17.1. The molecule has 5 aliphatic carbocycles. The van der Waals surface area contributed by atoms with Gasteiger partial charge in [-0.3, -0.25) is 0 Å². The Bertz CT molecular complexity index is 3030. The van der Waals surface area contributed by atoms with Crippen molar-refractivity contribution in [2.45, 2.75) is 149 Å². The van der Waals surface area contributed by atoms with Crippen molar-refractivity contribution in [1.29, 1.82) is 0 Å². The highest BCUT2D eigenvalue weighted by Gasteiger charge is 2.71. The lowest BCUT2D eigenvalue weighted by Gasteiger charge is -2.38. The number of fused-ring (bicyclic) bond motifs is 14. The van der Waals surface area contributed by atoms with E-state index in [0.717, 1.165) is 48.5 Å². The van der Waals surface area contributed by atoms with Gasteiger partial charge in [0.25, 0.3) is 0 Å². The summed E-state index contributed by atoms with van der Waals surface area (Å²) in [5, 5.41) is 2.91. The van der Waals surface area contributed by atoms with Crippen molar-refractivity contribution in [2.75, 3.05) is 0 Å². The van der Waals surface area contributed by atoms with Gasteiger partial charge in [0.05, 0.1) is 14.0 Å². The summed E-state index contributed by atoms with van der Waals surface area (Å²) < 4.78 is 17.0. The molecule has 4 heteroatoms. The molecule has 3 aromatic carbocycles. The van der Waals surface area contributed by atoms with Crippen LogP contribution in [0.5, 0.6) is 5.75 Å². The maximum atomic E-state index is 7.28. The van der Waals surface area contributed by atoms with Crippen molar-refractivity contribution in [2.24, 2.45) is 11.8 Å². The number of nitrogens with zero attached hydrogens (tertiary/aromatic N) is 1. The van der Waals surface area contributed by atoms with Gasteiger partial charge in [-0.2, -0.15) is 4.57 Å². The number of aryl methyl sites for hydroxylation is 1. The molecule has 64 heavy (non-hydrogen) atoms. The Morgan fingerprint density at radius 3 is 2.41 bits per heavy atom. The van der Waals surface area contributed by atoms with E-state index in [4.69, 9.17) is 9.15 Å². The van der Waals surface area contributed by atoms with Gasteiger partial charge in [-0.25, -0.2) is 0 Å². The van der Waals surface area contributed by atoms with Crippen molar-refractivity contribution in [3.63, 3.8) is 0 Å². The predicted octanol–water partition coefficient (Wildman–Crippen LogP) is 14.7. The van der Waals surface area contributed by atoms with Crippen molar-refractivity contribution >= 4 is 41.5 Å². The van der Waals surface area contributed by atoms with Crippen molar-refractivity contribution in [1.82, 2.24) is 0 Å². The molecule has 3 nitrogen and oxygen atoms in total. The van der Waals surface area contributed by atoms with Gasteiger partial charge in [0.15, 0.2) is 11.7 Å². The van der Waals surface area contributed by atoms with E-state index in [9.17, 15) is 0 Å². The largest absolute Gasteiger partial charge is 0.460 e. The molecule has 1 saturated carbocycles. The third kappa shape index (κ3) is 5.66. The van der Waals surface area contributed by atoms with Gasteiger partial charge in [-0.05, 0) is 127 Å². The van der Waals surface area contributed by atoms with Gasteiger partial charge in [-0.1, -0.05) is 114 Å². The molecule has 0 bridgehead atoms. The number of aromatic nitrogens is 1. The molecule has 0 radical (unpaired) electrons. The van der Waals surface area contributed by atoms with E-state index in [1.807, 2.05) is 0 Å². The van der Waals surface area contributed by atoms with E-state index in [0.29, 0.717) is 11.8 Å². The minimum absolute atomic E-state index is 0.124. The molecule has 5 unspecified atom stereocenters. The number of para-hydroxylation sites is 1. The van der Waals surface area contributed by atoms with Crippen molar-refractivity contribution in [3.8, 4) is 5.75 Å². The molecule has 7 aliphatic rings. The summed E-state index contributed by atoms with van der Waals surface area (Å²) in [4.78, 5) is 0. The van der Waals surface area contributed by atoms with E-state index >= 15 is 0 Å². The molecule has 0 saturated heterocycles. The van der Waals surface area contributed by atoms with Crippen LogP contribution in [0.2, 0.25) is 19.6 Å².